The quantitative estimate of drug-likeness (QED) is 0.887. The Labute approximate surface area is 146 Å². The Kier molecular flexibility index (Phi) is 5.81. The predicted octanol–water partition coefficient (Wildman–Crippen LogP) is 2.38. The van der Waals surface area contributed by atoms with Crippen LogP contribution in [0.2, 0.25) is 0 Å². The van der Waals surface area contributed by atoms with Crippen molar-refractivity contribution in [2.75, 3.05) is 13.1 Å². The van der Waals surface area contributed by atoms with Crippen LogP contribution in [-0.4, -0.2) is 22.2 Å². The van der Waals surface area contributed by atoms with E-state index in [4.69, 9.17) is 0 Å². The smallest absolute Gasteiger partial charge is 0.317 e. The van der Waals surface area contributed by atoms with Gasteiger partial charge in [-0.2, -0.15) is 0 Å². The molecule has 5 nitrogen and oxygen atoms in total. The molecular formula is C17H24BrN3O2. The molecule has 1 aliphatic heterocycles. The number of rotatable bonds is 3. The Hall–Kier alpha value is -1.40. The minimum absolute atomic E-state index is 0. The maximum Gasteiger partial charge on any atom is 0.331 e. The van der Waals surface area contributed by atoms with Crippen molar-refractivity contribution in [1.82, 2.24) is 14.5 Å². The number of benzene rings is 1. The molecule has 0 unspecified atom stereocenters. The lowest BCUT2D eigenvalue weighted by molar-refractivity contribution is 0.345. The van der Waals surface area contributed by atoms with Crippen LogP contribution in [-0.2, 0) is 6.54 Å². The fourth-order valence-electron chi connectivity index (χ4n) is 3.33. The van der Waals surface area contributed by atoms with Gasteiger partial charge in [0.2, 0.25) is 0 Å². The molecule has 1 saturated heterocycles. The fourth-order valence-corrected chi connectivity index (χ4v) is 3.33. The Balaban J connectivity index is 0.00000192. The van der Waals surface area contributed by atoms with E-state index in [-0.39, 0.29) is 34.3 Å². The second kappa shape index (κ2) is 7.45. The van der Waals surface area contributed by atoms with E-state index in [0.717, 1.165) is 43.4 Å². The first-order chi connectivity index (χ1) is 10.6. The van der Waals surface area contributed by atoms with E-state index in [1.165, 1.54) is 4.57 Å². The van der Waals surface area contributed by atoms with Gasteiger partial charge >= 0.3 is 5.69 Å². The molecule has 23 heavy (non-hydrogen) atoms. The molecule has 0 aliphatic carbocycles. The number of hydrogen-bond acceptors (Lipinski definition) is 3. The minimum Gasteiger partial charge on any atom is -0.317 e. The van der Waals surface area contributed by atoms with E-state index in [1.54, 1.807) is 4.57 Å². The van der Waals surface area contributed by atoms with Crippen molar-refractivity contribution in [3.05, 3.63) is 44.6 Å². The van der Waals surface area contributed by atoms with Gasteiger partial charge in [-0.05, 0) is 51.4 Å². The maximum atomic E-state index is 12.9. The van der Waals surface area contributed by atoms with Crippen molar-refractivity contribution in [1.29, 1.82) is 0 Å². The summed E-state index contributed by atoms with van der Waals surface area (Å²) in [4.78, 5) is 25.8. The third kappa shape index (κ3) is 3.28. The average Bonchev–Trinajstić information content (AvgIpc) is 2.53. The molecule has 2 heterocycles. The van der Waals surface area contributed by atoms with Gasteiger partial charge in [-0.25, -0.2) is 4.79 Å². The number of aryl methyl sites for hydroxylation is 2. The van der Waals surface area contributed by atoms with Crippen LogP contribution >= 0.6 is 17.0 Å². The number of nitrogens with zero attached hydrogens (tertiary/aromatic N) is 2. The van der Waals surface area contributed by atoms with Crippen molar-refractivity contribution < 1.29 is 0 Å². The van der Waals surface area contributed by atoms with Gasteiger partial charge in [0.1, 0.15) is 0 Å². The van der Waals surface area contributed by atoms with Gasteiger partial charge < -0.3 is 5.32 Å². The first-order valence-corrected chi connectivity index (χ1v) is 8.10. The molecule has 0 radical (unpaired) electrons. The molecule has 0 saturated carbocycles. The zero-order chi connectivity index (χ0) is 15.7. The van der Waals surface area contributed by atoms with E-state index < -0.39 is 0 Å². The lowest BCUT2D eigenvalue weighted by Gasteiger charge is -2.25. The summed E-state index contributed by atoms with van der Waals surface area (Å²) in [6, 6.07) is 5.77. The van der Waals surface area contributed by atoms with Crippen LogP contribution in [0.15, 0.2) is 27.8 Å². The summed E-state index contributed by atoms with van der Waals surface area (Å²) in [5.41, 5.74) is 1.51. The van der Waals surface area contributed by atoms with Crippen LogP contribution < -0.4 is 16.6 Å². The van der Waals surface area contributed by atoms with Gasteiger partial charge in [0.25, 0.3) is 5.56 Å². The van der Waals surface area contributed by atoms with Gasteiger partial charge in [0, 0.05) is 12.6 Å². The van der Waals surface area contributed by atoms with Crippen LogP contribution in [0.1, 0.15) is 37.8 Å². The van der Waals surface area contributed by atoms with Gasteiger partial charge in [-0.3, -0.25) is 13.9 Å². The molecule has 0 bridgehead atoms. The van der Waals surface area contributed by atoms with E-state index in [2.05, 4.69) is 5.32 Å². The molecular weight excluding hydrogens is 358 g/mol. The van der Waals surface area contributed by atoms with E-state index in [0.29, 0.717) is 11.9 Å². The highest BCUT2D eigenvalue weighted by Crippen LogP contribution is 2.17. The third-order valence-corrected chi connectivity index (χ3v) is 4.45. The van der Waals surface area contributed by atoms with Gasteiger partial charge in [0.05, 0.1) is 10.9 Å². The summed E-state index contributed by atoms with van der Waals surface area (Å²) < 4.78 is 3.26. The van der Waals surface area contributed by atoms with Crippen molar-refractivity contribution in [3.63, 3.8) is 0 Å². The molecule has 3 rings (SSSR count). The normalized spacial score (nSPS) is 15.6. The molecule has 1 aromatic carbocycles. The second-order valence-electron chi connectivity index (χ2n) is 6.11. The van der Waals surface area contributed by atoms with Crippen molar-refractivity contribution in [3.8, 4) is 0 Å². The number of nitrogens with one attached hydrogen (secondary N) is 1. The summed E-state index contributed by atoms with van der Waals surface area (Å²) in [7, 11) is 0. The molecule has 0 amide bonds. The lowest BCUT2D eigenvalue weighted by atomic mass is 10.1. The largest absolute Gasteiger partial charge is 0.331 e. The van der Waals surface area contributed by atoms with Crippen molar-refractivity contribution in [2.45, 2.75) is 45.7 Å². The highest BCUT2D eigenvalue weighted by molar-refractivity contribution is 8.93. The molecule has 6 heteroatoms. The van der Waals surface area contributed by atoms with Crippen LogP contribution in [0, 0.1) is 6.92 Å². The molecule has 1 N–H and O–H groups in total. The lowest BCUT2D eigenvalue weighted by Crippen LogP contribution is -2.45. The van der Waals surface area contributed by atoms with Crippen molar-refractivity contribution in [2.24, 2.45) is 0 Å². The Morgan fingerprint density at radius 3 is 2.57 bits per heavy atom. The van der Waals surface area contributed by atoms with Crippen LogP contribution in [0.5, 0.6) is 0 Å². The van der Waals surface area contributed by atoms with Gasteiger partial charge in [0.15, 0.2) is 0 Å². The highest BCUT2D eigenvalue weighted by atomic mass is 79.9. The van der Waals surface area contributed by atoms with Crippen molar-refractivity contribution >= 4 is 27.9 Å². The first-order valence-electron chi connectivity index (χ1n) is 8.10. The molecule has 2 aromatic rings. The SMILES string of the molecule is Br.CCCn1c(=O)n(C2CCNCC2)c(=O)c2cc(C)ccc21. The summed E-state index contributed by atoms with van der Waals surface area (Å²) in [6.07, 6.45) is 2.53. The molecule has 126 valence electrons. The highest BCUT2D eigenvalue weighted by Gasteiger charge is 2.21. The summed E-state index contributed by atoms with van der Waals surface area (Å²) in [5, 5.41) is 3.94. The molecule has 1 aliphatic rings. The Morgan fingerprint density at radius 1 is 1.22 bits per heavy atom. The topological polar surface area (TPSA) is 56.0 Å². The Bertz CT molecular complexity index is 804. The zero-order valence-electron chi connectivity index (χ0n) is 13.7. The van der Waals surface area contributed by atoms with Crippen LogP contribution in [0.4, 0.5) is 0 Å². The molecule has 1 fully saturated rings. The minimum atomic E-state index is -0.157. The average molecular weight is 382 g/mol. The van der Waals surface area contributed by atoms with E-state index >= 15 is 0 Å². The first kappa shape index (κ1) is 17.9. The van der Waals surface area contributed by atoms with Crippen LogP contribution in [0.3, 0.4) is 0 Å². The second-order valence-corrected chi connectivity index (χ2v) is 6.11. The van der Waals surface area contributed by atoms with Gasteiger partial charge in [-0.1, -0.05) is 18.6 Å². The molecule has 1 aromatic heterocycles. The number of hydrogen-bond donors (Lipinski definition) is 1. The zero-order valence-corrected chi connectivity index (χ0v) is 15.4. The Morgan fingerprint density at radius 2 is 1.91 bits per heavy atom. The number of fused-ring (bicyclic) bond motifs is 1. The number of aromatic nitrogens is 2. The number of halogens is 1. The summed E-state index contributed by atoms with van der Waals surface area (Å²) in [5.74, 6) is 0. The summed E-state index contributed by atoms with van der Waals surface area (Å²) >= 11 is 0. The predicted molar refractivity (Wildman–Crippen MR) is 99.0 cm³/mol. The molecule has 0 atom stereocenters. The number of piperidine rings is 1. The van der Waals surface area contributed by atoms with Gasteiger partial charge in [-0.15, -0.1) is 17.0 Å². The monoisotopic (exact) mass is 381 g/mol. The van der Waals surface area contributed by atoms with Crippen LogP contribution in [0.25, 0.3) is 10.9 Å². The maximum absolute atomic E-state index is 12.9. The molecule has 0 spiro atoms. The van der Waals surface area contributed by atoms with E-state index in [1.807, 2.05) is 32.0 Å². The summed E-state index contributed by atoms with van der Waals surface area (Å²) in [6.45, 7) is 6.38. The third-order valence-electron chi connectivity index (χ3n) is 4.45. The fraction of sp³-hybridized carbons (Fsp3) is 0.529. The van der Waals surface area contributed by atoms with E-state index in [9.17, 15) is 9.59 Å². The standard InChI is InChI=1S/C17H23N3O2.BrH/c1-3-10-19-15-5-4-12(2)11-14(15)16(21)20(17(19)22)13-6-8-18-9-7-13;/h4-5,11,13,18H,3,6-10H2,1-2H3;1H.